The molecule has 0 aromatic heterocycles. The van der Waals surface area contributed by atoms with Crippen molar-refractivity contribution in [1.29, 1.82) is 0 Å². The van der Waals surface area contributed by atoms with Crippen molar-refractivity contribution in [2.24, 2.45) is 0 Å². The van der Waals surface area contributed by atoms with Gasteiger partial charge in [-0.25, -0.2) is 0 Å². The first-order chi connectivity index (χ1) is 14.2. The summed E-state index contributed by atoms with van der Waals surface area (Å²) in [4.78, 5) is 11.7. The number of hydrogen-bond acceptors (Lipinski definition) is 9. The molecule has 30 heavy (non-hydrogen) atoms. The third-order valence-corrected chi connectivity index (χ3v) is 5.61. The third kappa shape index (κ3) is 11.0. The van der Waals surface area contributed by atoms with E-state index in [-0.39, 0.29) is 19.2 Å². The molecule has 1 aliphatic heterocycles. The normalized spacial score (nSPS) is 27.2. The maximum absolute atomic E-state index is 11.7. The summed E-state index contributed by atoms with van der Waals surface area (Å²) in [5.41, 5.74) is 0. The number of carbonyl (C=O) groups is 1. The van der Waals surface area contributed by atoms with E-state index in [1.165, 1.54) is 25.7 Å². The summed E-state index contributed by atoms with van der Waals surface area (Å²) in [5, 5.41) is 29.5. The van der Waals surface area contributed by atoms with Gasteiger partial charge in [-0.2, -0.15) is 8.42 Å². The highest BCUT2D eigenvalue weighted by atomic mass is 32.2. The number of rotatable bonds is 15. The van der Waals surface area contributed by atoms with E-state index < -0.39 is 46.6 Å². The predicted molar refractivity (Wildman–Crippen MR) is 107 cm³/mol. The molecule has 0 aliphatic carbocycles. The second-order valence-electron chi connectivity index (χ2n) is 7.58. The van der Waals surface area contributed by atoms with Gasteiger partial charge in [-0.05, 0) is 6.42 Å². The molecule has 0 aromatic rings. The van der Waals surface area contributed by atoms with Crippen LogP contribution in [0.1, 0.15) is 64.7 Å². The highest BCUT2D eigenvalue weighted by Crippen LogP contribution is 2.23. The molecule has 0 amide bonds. The Morgan fingerprint density at radius 3 is 2.17 bits per heavy atom. The fourth-order valence-electron chi connectivity index (χ4n) is 3.14. The largest absolute Gasteiger partial charge is 0.466 e. The zero-order valence-electron chi connectivity index (χ0n) is 17.5. The van der Waals surface area contributed by atoms with Crippen molar-refractivity contribution in [2.75, 3.05) is 19.0 Å². The molecule has 1 rings (SSSR count). The van der Waals surface area contributed by atoms with E-state index in [9.17, 15) is 28.5 Å². The van der Waals surface area contributed by atoms with Crippen molar-refractivity contribution in [3.63, 3.8) is 0 Å². The van der Waals surface area contributed by atoms with Crippen LogP contribution in [0.3, 0.4) is 0 Å². The zero-order valence-corrected chi connectivity index (χ0v) is 18.3. The maximum Gasteiger partial charge on any atom is 0.305 e. The topological polar surface area (TPSA) is 160 Å². The Kier molecular flexibility index (Phi) is 13.0. The Bertz CT molecular complexity index is 582. The van der Waals surface area contributed by atoms with Gasteiger partial charge in [-0.3, -0.25) is 9.35 Å². The maximum atomic E-state index is 11.7. The number of carbonyl (C=O) groups excluding carboxylic acids is 1. The Morgan fingerprint density at radius 1 is 0.900 bits per heavy atom. The standard InChI is InChI=1S/C19H36O10S/c1-2-3-4-5-6-7-8-10-15(20)27-11-9-12-28-19-18(23)17(22)16(21)14(29-19)13-30(24,25)26/h14,16-19,21-23H,2-13H2,1H3,(H,24,25,26)/t14-,16-,17+,18-,19+/m1/s1. The van der Waals surface area contributed by atoms with Crippen LogP contribution in [-0.4, -0.2) is 83.9 Å². The van der Waals surface area contributed by atoms with Crippen LogP contribution in [0, 0.1) is 0 Å². The van der Waals surface area contributed by atoms with Gasteiger partial charge in [0.25, 0.3) is 10.1 Å². The Morgan fingerprint density at radius 2 is 1.53 bits per heavy atom. The molecule has 0 radical (unpaired) electrons. The molecule has 0 saturated carbocycles. The average molecular weight is 457 g/mol. The monoisotopic (exact) mass is 456 g/mol. The third-order valence-electron chi connectivity index (χ3n) is 4.86. The summed E-state index contributed by atoms with van der Waals surface area (Å²) >= 11 is 0. The first-order valence-corrected chi connectivity index (χ1v) is 12.2. The fraction of sp³-hybridized carbons (Fsp3) is 0.947. The minimum Gasteiger partial charge on any atom is -0.466 e. The molecule has 1 saturated heterocycles. The van der Waals surface area contributed by atoms with Crippen LogP contribution >= 0.6 is 0 Å². The molecule has 10 nitrogen and oxygen atoms in total. The van der Waals surface area contributed by atoms with Crippen molar-refractivity contribution >= 4 is 16.1 Å². The minimum absolute atomic E-state index is 0.00778. The molecule has 0 unspecified atom stereocenters. The molecular formula is C19H36O10S. The molecule has 178 valence electrons. The van der Waals surface area contributed by atoms with Crippen molar-refractivity contribution in [3.05, 3.63) is 0 Å². The molecular weight excluding hydrogens is 420 g/mol. The first kappa shape index (κ1) is 27.2. The SMILES string of the molecule is CCCCCCCCCC(=O)OCCCO[C@H]1O[C@H](CS(=O)(=O)O)[C@@H](O)[C@H](O)[C@H]1O. The van der Waals surface area contributed by atoms with Crippen molar-refractivity contribution in [2.45, 2.75) is 95.4 Å². The van der Waals surface area contributed by atoms with Crippen LogP contribution in [0.25, 0.3) is 0 Å². The summed E-state index contributed by atoms with van der Waals surface area (Å²) < 4.78 is 46.4. The smallest absolute Gasteiger partial charge is 0.305 e. The summed E-state index contributed by atoms with van der Waals surface area (Å²) in [6.07, 6.45) is 0.587. The van der Waals surface area contributed by atoms with Crippen LogP contribution in [0.2, 0.25) is 0 Å². The van der Waals surface area contributed by atoms with E-state index in [2.05, 4.69) is 6.92 Å². The molecule has 1 aliphatic rings. The lowest BCUT2D eigenvalue weighted by Gasteiger charge is -2.39. The highest BCUT2D eigenvalue weighted by Gasteiger charge is 2.45. The fourth-order valence-corrected chi connectivity index (χ4v) is 3.83. The number of hydrogen-bond donors (Lipinski definition) is 4. The van der Waals surface area contributed by atoms with Crippen LogP contribution < -0.4 is 0 Å². The lowest BCUT2D eigenvalue weighted by Crippen LogP contribution is -2.59. The lowest BCUT2D eigenvalue weighted by atomic mass is 10.00. The molecule has 0 bridgehead atoms. The molecule has 1 fully saturated rings. The molecule has 4 N–H and O–H groups in total. The predicted octanol–water partition coefficient (Wildman–Crippen LogP) is 0.772. The van der Waals surface area contributed by atoms with Crippen molar-refractivity contribution < 1.29 is 47.3 Å². The second-order valence-corrected chi connectivity index (χ2v) is 9.08. The molecule has 11 heteroatoms. The van der Waals surface area contributed by atoms with Gasteiger partial charge in [0.2, 0.25) is 0 Å². The number of aliphatic hydroxyl groups excluding tert-OH is 3. The van der Waals surface area contributed by atoms with E-state index in [0.717, 1.165) is 19.3 Å². The molecule has 0 spiro atoms. The van der Waals surface area contributed by atoms with Gasteiger partial charge in [0, 0.05) is 12.8 Å². The van der Waals surface area contributed by atoms with E-state index in [1.807, 2.05) is 0 Å². The Hall–Kier alpha value is -0.820. The van der Waals surface area contributed by atoms with Crippen LogP contribution in [-0.2, 0) is 29.1 Å². The summed E-state index contributed by atoms with van der Waals surface area (Å²) in [5.74, 6) is -1.24. The van der Waals surface area contributed by atoms with Crippen molar-refractivity contribution in [1.82, 2.24) is 0 Å². The summed E-state index contributed by atoms with van der Waals surface area (Å²) in [6.45, 7) is 2.28. The van der Waals surface area contributed by atoms with Gasteiger partial charge in [0.05, 0.1) is 13.2 Å². The van der Waals surface area contributed by atoms with E-state index in [4.69, 9.17) is 18.8 Å². The van der Waals surface area contributed by atoms with Crippen molar-refractivity contribution in [3.8, 4) is 0 Å². The number of aliphatic hydroxyl groups is 3. The minimum atomic E-state index is -4.47. The second kappa shape index (κ2) is 14.3. The molecule has 0 aromatic carbocycles. The molecule has 1 heterocycles. The van der Waals surface area contributed by atoms with Gasteiger partial charge in [-0.15, -0.1) is 0 Å². The van der Waals surface area contributed by atoms with Crippen LogP contribution in [0.5, 0.6) is 0 Å². The van der Waals surface area contributed by atoms with E-state index >= 15 is 0 Å². The lowest BCUT2D eigenvalue weighted by molar-refractivity contribution is -0.292. The van der Waals surface area contributed by atoms with E-state index in [1.54, 1.807) is 0 Å². The van der Waals surface area contributed by atoms with Gasteiger partial charge in [0.1, 0.15) is 30.2 Å². The summed E-state index contributed by atoms with van der Waals surface area (Å²) in [6, 6.07) is 0. The number of esters is 1. The van der Waals surface area contributed by atoms with Crippen LogP contribution in [0.4, 0.5) is 0 Å². The van der Waals surface area contributed by atoms with Gasteiger partial charge >= 0.3 is 5.97 Å². The van der Waals surface area contributed by atoms with Gasteiger partial charge in [0.15, 0.2) is 6.29 Å². The van der Waals surface area contributed by atoms with Gasteiger partial charge in [-0.1, -0.05) is 45.4 Å². The quantitative estimate of drug-likeness (QED) is 0.157. The van der Waals surface area contributed by atoms with E-state index in [0.29, 0.717) is 12.8 Å². The summed E-state index contributed by atoms with van der Waals surface area (Å²) in [7, 11) is -4.47. The zero-order chi connectivity index (χ0) is 22.6. The first-order valence-electron chi connectivity index (χ1n) is 10.6. The molecule has 5 atom stereocenters. The van der Waals surface area contributed by atoms with Crippen LogP contribution in [0.15, 0.2) is 0 Å². The Labute approximate surface area is 178 Å². The Balaban J connectivity index is 2.19. The number of ether oxygens (including phenoxy) is 3. The van der Waals surface area contributed by atoms with Gasteiger partial charge < -0.3 is 29.5 Å². The average Bonchev–Trinajstić information content (AvgIpc) is 2.67. The number of unbranched alkanes of at least 4 members (excludes halogenated alkanes) is 6. The highest BCUT2D eigenvalue weighted by molar-refractivity contribution is 7.85.